The van der Waals surface area contributed by atoms with Crippen LogP contribution in [0.3, 0.4) is 0 Å². The van der Waals surface area contributed by atoms with Crippen molar-refractivity contribution in [3.63, 3.8) is 0 Å². The lowest BCUT2D eigenvalue weighted by atomic mass is 10.2. The minimum atomic E-state index is -0.370. The Hall–Kier alpha value is -2.11. The van der Waals surface area contributed by atoms with E-state index in [0.29, 0.717) is 15.7 Å². The highest BCUT2D eigenvalue weighted by Crippen LogP contribution is 2.25. The fourth-order valence-corrected chi connectivity index (χ4v) is 2.33. The van der Waals surface area contributed by atoms with Gasteiger partial charge in [0, 0.05) is 19.2 Å². The van der Waals surface area contributed by atoms with Crippen molar-refractivity contribution in [3.05, 3.63) is 63.9 Å². The molecule has 1 N–H and O–H groups in total. The molecule has 0 aromatic heterocycles. The number of halogens is 3. The van der Waals surface area contributed by atoms with Gasteiger partial charge in [-0.3, -0.25) is 9.59 Å². The van der Waals surface area contributed by atoms with E-state index < -0.39 is 0 Å². The number of nitrogens with zero attached hydrogens (tertiary/aromatic N) is 1. The van der Waals surface area contributed by atoms with Gasteiger partial charge >= 0.3 is 0 Å². The van der Waals surface area contributed by atoms with E-state index in [9.17, 15) is 14.0 Å². The average Bonchev–Trinajstić information content (AvgIpc) is 2.52. The van der Waals surface area contributed by atoms with Crippen molar-refractivity contribution in [1.29, 1.82) is 0 Å². The fourth-order valence-electron chi connectivity index (χ4n) is 2.04. The van der Waals surface area contributed by atoms with Crippen LogP contribution in [0.1, 0.15) is 12.5 Å². The van der Waals surface area contributed by atoms with Crippen LogP contribution in [0.5, 0.6) is 0 Å². The highest BCUT2D eigenvalue weighted by Gasteiger charge is 2.15. The Morgan fingerprint density at radius 3 is 2.33 bits per heavy atom. The number of hydrogen-bond acceptors (Lipinski definition) is 2. The molecule has 2 amide bonds. The van der Waals surface area contributed by atoms with Crippen molar-refractivity contribution in [3.8, 4) is 0 Å². The monoisotopic (exact) mass is 368 g/mol. The van der Waals surface area contributed by atoms with Gasteiger partial charge in [0.25, 0.3) is 0 Å². The zero-order chi connectivity index (χ0) is 17.7. The van der Waals surface area contributed by atoms with E-state index in [2.05, 4.69) is 5.32 Å². The summed E-state index contributed by atoms with van der Waals surface area (Å²) in [4.78, 5) is 25.2. The second-order valence-electron chi connectivity index (χ2n) is 5.18. The summed E-state index contributed by atoms with van der Waals surface area (Å²) in [6.07, 6.45) is 0. The molecule has 0 aliphatic carbocycles. The fraction of sp³-hybridized carbons (Fsp3) is 0.176. The van der Waals surface area contributed by atoms with Gasteiger partial charge in [0.05, 0.1) is 10.0 Å². The van der Waals surface area contributed by atoms with E-state index in [1.54, 1.807) is 24.3 Å². The normalized spacial score (nSPS) is 10.3. The molecule has 0 saturated carbocycles. The number of nitrogens with one attached hydrogen (secondary N) is 1. The first-order chi connectivity index (χ1) is 11.3. The Morgan fingerprint density at radius 2 is 1.75 bits per heavy atom. The first kappa shape index (κ1) is 18.2. The van der Waals surface area contributed by atoms with Gasteiger partial charge in [0.15, 0.2) is 0 Å². The Balaban J connectivity index is 2.01. The third-order valence-corrected chi connectivity index (χ3v) is 4.01. The summed E-state index contributed by atoms with van der Waals surface area (Å²) < 4.78 is 12.9. The van der Waals surface area contributed by atoms with Crippen LogP contribution in [0.25, 0.3) is 0 Å². The second-order valence-corrected chi connectivity index (χ2v) is 5.99. The number of amides is 2. The molecule has 0 aliphatic rings. The van der Waals surface area contributed by atoms with Gasteiger partial charge in [0.1, 0.15) is 12.4 Å². The Labute approximate surface area is 149 Å². The van der Waals surface area contributed by atoms with Crippen LogP contribution in [-0.2, 0) is 16.1 Å². The zero-order valence-corrected chi connectivity index (χ0v) is 14.4. The van der Waals surface area contributed by atoms with Gasteiger partial charge in [-0.2, -0.15) is 0 Å². The SMILES string of the molecule is CC(=O)N(CC(=O)Nc1ccc(Cl)c(Cl)c1)Cc1ccc(F)cc1. The molecular formula is C17H15Cl2FN2O2. The summed E-state index contributed by atoms with van der Waals surface area (Å²) in [7, 11) is 0. The summed E-state index contributed by atoms with van der Waals surface area (Å²) in [5, 5.41) is 3.36. The van der Waals surface area contributed by atoms with Gasteiger partial charge in [-0.1, -0.05) is 35.3 Å². The summed E-state index contributed by atoms with van der Waals surface area (Å²) in [6.45, 7) is 1.45. The lowest BCUT2D eigenvalue weighted by molar-refractivity contribution is -0.133. The van der Waals surface area contributed by atoms with Crippen LogP contribution in [0, 0.1) is 5.82 Å². The third kappa shape index (κ3) is 5.22. The van der Waals surface area contributed by atoms with Crippen molar-refractivity contribution in [2.24, 2.45) is 0 Å². The van der Waals surface area contributed by atoms with Gasteiger partial charge in [-0.15, -0.1) is 0 Å². The number of benzene rings is 2. The van der Waals surface area contributed by atoms with E-state index in [4.69, 9.17) is 23.2 Å². The van der Waals surface area contributed by atoms with Crippen LogP contribution in [0.15, 0.2) is 42.5 Å². The molecule has 24 heavy (non-hydrogen) atoms. The molecule has 7 heteroatoms. The molecule has 0 heterocycles. The molecule has 0 spiro atoms. The molecule has 0 atom stereocenters. The van der Waals surface area contributed by atoms with Crippen LogP contribution in [0.4, 0.5) is 10.1 Å². The van der Waals surface area contributed by atoms with Crippen molar-refractivity contribution in [2.45, 2.75) is 13.5 Å². The van der Waals surface area contributed by atoms with Crippen LogP contribution in [0.2, 0.25) is 10.0 Å². The number of hydrogen-bond donors (Lipinski definition) is 1. The lowest BCUT2D eigenvalue weighted by Gasteiger charge is -2.20. The Kier molecular flexibility index (Phi) is 6.17. The molecule has 0 aliphatic heterocycles. The van der Waals surface area contributed by atoms with Crippen LogP contribution >= 0.6 is 23.2 Å². The van der Waals surface area contributed by atoms with E-state index in [0.717, 1.165) is 5.56 Å². The van der Waals surface area contributed by atoms with E-state index in [-0.39, 0.29) is 30.7 Å². The minimum absolute atomic E-state index is 0.132. The first-order valence-electron chi connectivity index (χ1n) is 7.10. The predicted molar refractivity (Wildman–Crippen MR) is 92.6 cm³/mol. The van der Waals surface area contributed by atoms with Gasteiger partial charge in [0.2, 0.25) is 11.8 Å². The van der Waals surface area contributed by atoms with Gasteiger partial charge in [-0.05, 0) is 35.9 Å². The molecule has 2 aromatic carbocycles. The highest BCUT2D eigenvalue weighted by molar-refractivity contribution is 6.42. The number of rotatable bonds is 5. The number of carbonyl (C=O) groups is 2. The summed E-state index contributed by atoms with van der Waals surface area (Å²) in [5.74, 6) is -0.986. The maximum absolute atomic E-state index is 12.9. The molecule has 0 fully saturated rings. The molecule has 2 aromatic rings. The summed E-state index contributed by atoms with van der Waals surface area (Å²) >= 11 is 11.7. The highest BCUT2D eigenvalue weighted by atomic mass is 35.5. The topological polar surface area (TPSA) is 49.4 Å². The standard InChI is InChI=1S/C17H15Cl2FN2O2/c1-11(23)22(9-12-2-4-13(20)5-3-12)10-17(24)21-14-6-7-15(18)16(19)8-14/h2-8H,9-10H2,1H3,(H,21,24). The molecule has 4 nitrogen and oxygen atoms in total. The molecule has 0 unspecified atom stereocenters. The number of anilines is 1. The Morgan fingerprint density at radius 1 is 1.08 bits per heavy atom. The third-order valence-electron chi connectivity index (χ3n) is 3.27. The van der Waals surface area contributed by atoms with Crippen LogP contribution < -0.4 is 5.32 Å². The van der Waals surface area contributed by atoms with E-state index in [1.807, 2.05) is 0 Å². The molecular weight excluding hydrogens is 354 g/mol. The van der Waals surface area contributed by atoms with Crippen molar-refractivity contribution in [2.75, 3.05) is 11.9 Å². The van der Waals surface area contributed by atoms with Crippen molar-refractivity contribution >= 4 is 40.7 Å². The molecule has 2 rings (SSSR count). The quantitative estimate of drug-likeness (QED) is 0.862. The van der Waals surface area contributed by atoms with Crippen LogP contribution in [-0.4, -0.2) is 23.3 Å². The summed E-state index contributed by atoms with van der Waals surface area (Å²) in [5.41, 5.74) is 1.22. The van der Waals surface area contributed by atoms with Gasteiger partial charge < -0.3 is 10.2 Å². The van der Waals surface area contributed by atoms with E-state index in [1.165, 1.54) is 30.0 Å². The molecule has 0 radical (unpaired) electrons. The Bertz CT molecular complexity index is 751. The summed E-state index contributed by atoms with van der Waals surface area (Å²) in [6, 6.07) is 10.5. The largest absolute Gasteiger partial charge is 0.329 e. The molecule has 0 saturated heterocycles. The van der Waals surface area contributed by atoms with Gasteiger partial charge in [-0.25, -0.2) is 4.39 Å². The predicted octanol–water partition coefficient (Wildman–Crippen LogP) is 4.12. The molecule has 0 bridgehead atoms. The minimum Gasteiger partial charge on any atom is -0.329 e. The average molecular weight is 369 g/mol. The second kappa shape index (κ2) is 8.13. The smallest absolute Gasteiger partial charge is 0.244 e. The lowest BCUT2D eigenvalue weighted by Crippen LogP contribution is -2.36. The zero-order valence-electron chi connectivity index (χ0n) is 12.9. The maximum atomic E-state index is 12.9. The van der Waals surface area contributed by atoms with Crippen molar-refractivity contribution in [1.82, 2.24) is 4.90 Å². The first-order valence-corrected chi connectivity index (χ1v) is 7.85. The molecule has 126 valence electrons. The van der Waals surface area contributed by atoms with E-state index >= 15 is 0 Å². The number of carbonyl (C=O) groups excluding carboxylic acids is 2. The maximum Gasteiger partial charge on any atom is 0.244 e. The van der Waals surface area contributed by atoms with Crippen molar-refractivity contribution < 1.29 is 14.0 Å².